The highest BCUT2D eigenvalue weighted by molar-refractivity contribution is 5.00. The Kier molecular flexibility index (Phi) is 4.25. The van der Waals surface area contributed by atoms with Gasteiger partial charge in [-0.15, -0.1) is 0 Å². The second-order valence-corrected chi connectivity index (χ2v) is 4.41. The molecule has 2 heterocycles. The molecule has 1 aliphatic rings. The Labute approximate surface area is 96.9 Å². The van der Waals surface area contributed by atoms with Crippen molar-refractivity contribution in [1.82, 2.24) is 20.6 Å². The Hall–Kier alpha value is -1.00. The zero-order chi connectivity index (χ0) is 11.2. The van der Waals surface area contributed by atoms with Crippen LogP contribution in [0.1, 0.15) is 30.7 Å². The molecule has 0 aliphatic carbocycles. The molecular formula is C12H20N4. The minimum atomic E-state index is 0.623. The van der Waals surface area contributed by atoms with E-state index in [9.17, 15) is 0 Å². The minimum Gasteiger partial charge on any atom is -0.317 e. The Bertz CT molecular complexity index is 301. The molecule has 1 aromatic rings. The maximum Gasteiger partial charge on any atom is 0.0724 e. The summed E-state index contributed by atoms with van der Waals surface area (Å²) in [5.41, 5.74) is 2.00. The van der Waals surface area contributed by atoms with Crippen LogP contribution in [0.4, 0.5) is 0 Å². The van der Waals surface area contributed by atoms with E-state index in [1.54, 1.807) is 0 Å². The fraction of sp³-hybridized carbons (Fsp3) is 0.667. The summed E-state index contributed by atoms with van der Waals surface area (Å²) in [5.74, 6) is 0. The van der Waals surface area contributed by atoms with Crippen molar-refractivity contribution < 1.29 is 0 Å². The van der Waals surface area contributed by atoms with Crippen molar-refractivity contribution in [3.8, 4) is 0 Å². The molecule has 0 saturated carbocycles. The van der Waals surface area contributed by atoms with Gasteiger partial charge in [-0.1, -0.05) is 0 Å². The smallest absolute Gasteiger partial charge is 0.0724 e. The summed E-state index contributed by atoms with van der Waals surface area (Å²) >= 11 is 0. The summed E-state index contributed by atoms with van der Waals surface area (Å²) < 4.78 is 0. The number of nitrogens with one attached hydrogen (secondary N) is 2. The van der Waals surface area contributed by atoms with Gasteiger partial charge in [-0.3, -0.25) is 9.97 Å². The quantitative estimate of drug-likeness (QED) is 0.798. The van der Waals surface area contributed by atoms with Gasteiger partial charge in [-0.25, -0.2) is 0 Å². The Morgan fingerprint density at radius 1 is 1.31 bits per heavy atom. The standard InChI is InChI=1S/C12H20N4/c1-10-7-15-12(8-14-10)9-16-11-3-2-5-13-6-4-11/h7-8,11,13,16H,2-6,9H2,1H3. The van der Waals surface area contributed by atoms with E-state index in [0.29, 0.717) is 6.04 Å². The van der Waals surface area contributed by atoms with Crippen LogP contribution in [0.5, 0.6) is 0 Å². The molecule has 4 heteroatoms. The molecule has 0 spiro atoms. The second kappa shape index (κ2) is 5.92. The molecule has 16 heavy (non-hydrogen) atoms. The molecule has 2 rings (SSSR count). The highest BCUT2D eigenvalue weighted by atomic mass is 15.0. The van der Waals surface area contributed by atoms with Gasteiger partial charge >= 0.3 is 0 Å². The number of rotatable bonds is 3. The van der Waals surface area contributed by atoms with E-state index in [4.69, 9.17) is 0 Å². The molecule has 88 valence electrons. The maximum absolute atomic E-state index is 4.35. The van der Waals surface area contributed by atoms with Crippen molar-refractivity contribution in [3.05, 3.63) is 23.8 Å². The third kappa shape index (κ3) is 3.54. The first kappa shape index (κ1) is 11.5. The predicted molar refractivity (Wildman–Crippen MR) is 64.1 cm³/mol. The second-order valence-electron chi connectivity index (χ2n) is 4.41. The summed E-state index contributed by atoms with van der Waals surface area (Å²) in [5, 5.41) is 6.97. The van der Waals surface area contributed by atoms with E-state index < -0.39 is 0 Å². The van der Waals surface area contributed by atoms with Gasteiger partial charge in [-0.2, -0.15) is 0 Å². The molecule has 2 N–H and O–H groups in total. The van der Waals surface area contributed by atoms with Crippen LogP contribution in [0, 0.1) is 6.92 Å². The van der Waals surface area contributed by atoms with Gasteiger partial charge in [0.05, 0.1) is 11.4 Å². The zero-order valence-corrected chi connectivity index (χ0v) is 9.87. The van der Waals surface area contributed by atoms with Crippen LogP contribution in [-0.4, -0.2) is 29.1 Å². The van der Waals surface area contributed by atoms with E-state index in [-0.39, 0.29) is 0 Å². The molecular weight excluding hydrogens is 200 g/mol. The van der Waals surface area contributed by atoms with Crippen molar-refractivity contribution in [2.45, 2.75) is 38.8 Å². The van der Waals surface area contributed by atoms with Crippen LogP contribution in [0.15, 0.2) is 12.4 Å². The summed E-state index contributed by atoms with van der Waals surface area (Å²) in [6, 6.07) is 0.623. The van der Waals surface area contributed by atoms with E-state index in [0.717, 1.165) is 31.0 Å². The molecule has 0 aromatic carbocycles. The third-order valence-corrected chi connectivity index (χ3v) is 2.98. The summed E-state index contributed by atoms with van der Waals surface area (Å²) in [7, 11) is 0. The lowest BCUT2D eigenvalue weighted by Gasteiger charge is -2.15. The first-order valence-corrected chi connectivity index (χ1v) is 6.06. The highest BCUT2D eigenvalue weighted by Crippen LogP contribution is 2.05. The maximum atomic E-state index is 4.35. The van der Waals surface area contributed by atoms with Crippen LogP contribution in [0.3, 0.4) is 0 Å². The normalized spacial score (nSPS) is 21.7. The van der Waals surface area contributed by atoms with E-state index in [1.807, 2.05) is 19.3 Å². The van der Waals surface area contributed by atoms with Gasteiger partial charge in [0.15, 0.2) is 0 Å². The SMILES string of the molecule is Cc1cnc(CNC2CCCNCC2)cn1. The monoisotopic (exact) mass is 220 g/mol. The number of aromatic nitrogens is 2. The lowest BCUT2D eigenvalue weighted by molar-refractivity contribution is 0.465. The van der Waals surface area contributed by atoms with Crippen molar-refractivity contribution in [2.75, 3.05) is 13.1 Å². The van der Waals surface area contributed by atoms with Gasteiger partial charge in [-0.05, 0) is 39.3 Å². The zero-order valence-electron chi connectivity index (χ0n) is 9.87. The minimum absolute atomic E-state index is 0.623. The van der Waals surface area contributed by atoms with Gasteiger partial charge in [0, 0.05) is 25.0 Å². The summed E-state index contributed by atoms with van der Waals surface area (Å²) in [6.07, 6.45) is 7.41. The molecule has 4 nitrogen and oxygen atoms in total. The van der Waals surface area contributed by atoms with Crippen LogP contribution in [0.2, 0.25) is 0 Å². The average Bonchev–Trinajstić information content (AvgIpc) is 2.57. The number of hydrogen-bond acceptors (Lipinski definition) is 4. The van der Waals surface area contributed by atoms with Crippen molar-refractivity contribution in [3.63, 3.8) is 0 Å². The van der Waals surface area contributed by atoms with Gasteiger partial charge in [0.1, 0.15) is 0 Å². The molecule has 1 saturated heterocycles. The molecule has 0 amide bonds. The Morgan fingerprint density at radius 2 is 2.25 bits per heavy atom. The lowest BCUT2D eigenvalue weighted by atomic mass is 10.1. The third-order valence-electron chi connectivity index (χ3n) is 2.98. The van der Waals surface area contributed by atoms with Gasteiger partial charge in [0.2, 0.25) is 0 Å². The number of aryl methyl sites for hydroxylation is 1. The number of hydrogen-bond donors (Lipinski definition) is 2. The van der Waals surface area contributed by atoms with Crippen LogP contribution in [-0.2, 0) is 6.54 Å². The van der Waals surface area contributed by atoms with Crippen LogP contribution >= 0.6 is 0 Å². The van der Waals surface area contributed by atoms with E-state index >= 15 is 0 Å². The van der Waals surface area contributed by atoms with E-state index in [1.165, 1.54) is 19.3 Å². The van der Waals surface area contributed by atoms with Crippen LogP contribution in [0.25, 0.3) is 0 Å². The molecule has 0 radical (unpaired) electrons. The Balaban J connectivity index is 1.79. The largest absolute Gasteiger partial charge is 0.317 e. The van der Waals surface area contributed by atoms with Crippen molar-refractivity contribution in [1.29, 1.82) is 0 Å². The molecule has 1 fully saturated rings. The van der Waals surface area contributed by atoms with Gasteiger partial charge in [0.25, 0.3) is 0 Å². The van der Waals surface area contributed by atoms with Crippen molar-refractivity contribution in [2.24, 2.45) is 0 Å². The number of nitrogens with zero attached hydrogens (tertiary/aromatic N) is 2. The average molecular weight is 220 g/mol. The molecule has 1 atom stereocenters. The lowest BCUT2D eigenvalue weighted by Crippen LogP contribution is -2.29. The molecule has 1 unspecified atom stereocenters. The fourth-order valence-corrected chi connectivity index (χ4v) is 1.98. The fourth-order valence-electron chi connectivity index (χ4n) is 1.98. The first-order chi connectivity index (χ1) is 7.84. The predicted octanol–water partition coefficient (Wildman–Crippen LogP) is 1.02. The van der Waals surface area contributed by atoms with E-state index in [2.05, 4.69) is 20.6 Å². The van der Waals surface area contributed by atoms with Crippen molar-refractivity contribution >= 4 is 0 Å². The van der Waals surface area contributed by atoms with Crippen LogP contribution < -0.4 is 10.6 Å². The Morgan fingerprint density at radius 3 is 3.06 bits per heavy atom. The molecule has 1 aromatic heterocycles. The van der Waals surface area contributed by atoms with Gasteiger partial charge < -0.3 is 10.6 Å². The summed E-state index contributed by atoms with van der Waals surface area (Å²) in [6.45, 7) is 5.07. The topological polar surface area (TPSA) is 49.8 Å². The highest BCUT2D eigenvalue weighted by Gasteiger charge is 2.10. The summed E-state index contributed by atoms with van der Waals surface area (Å²) in [4.78, 5) is 8.59. The molecule has 0 bridgehead atoms. The first-order valence-electron chi connectivity index (χ1n) is 6.06. The molecule has 1 aliphatic heterocycles.